The second-order valence-corrected chi connectivity index (χ2v) is 6.54. The Bertz CT molecular complexity index is 843. The van der Waals surface area contributed by atoms with Gasteiger partial charge in [-0.3, -0.25) is 9.47 Å². The van der Waals surface area contributed by atoms with Crippen LogP contribution >= 0.6 is 0 Å². The summed E-state index contributed by atoms with van der Waals surface area (Å²) < 4.78 is 1.78. The molecule has 130 valence electrons. The minimum atomic E-state index is -0.128. The summed E-state index contributed by atoms with van der Waals surface area (Å²) in [5.41, 5.74) is 0.986. The van der Waals surface area contributed by atoms with E-state index >= 15 is 0 Å². The zero-order valence-electron chi connectivity index (χ0n) is 14.1. The maximum atomic E-state index is 12.2. The lowest BCUT2D eigenvalue weighted by atomic mass is 9.96. The minimum absolute atomic E-state index is 0.128. The first-order valence-corrected chi connectivity index (χ1v) is 8.69. The Morgan fingerprint density at radius 2 is 1.92 bits per heavy atom. The second-order valence-electron chi connectivity index (χ2n) is 6.54. The van der Waals surface area contributed by atoms with Gasteiger partial charge in [-0.1, -0.05) is 30.3 Å². The molecule has 3 heterocycles. The van der Waals surface area contributed by atoms with Gasteiger partial charge in [-0.25, -0.2) is 14.9 Å². The second kappa shape index (κ2) is 7.06. The highest BCUT2D eigenvalue weighted by Gasteiger charge is 2.25. The van der Waals surface area contributed by atoms with Crippen LogP contribution in [0.4, 0.5) is 0 Å². The number of likely N-dealkylation sites (tertiary alicyclic amines) is 1. The van der Waals surface area contributed by atoms with Crippen molar-refractivity contribution in [3.63, 3.8) is 0 Å². The number of aromatic amines is 2. The maximum Gasteiger partial charge on any atom is 0.343 e. The molecule has 0 bridgehead atoms. The van der Waals surface area contributed by atoms with E-state index < -0.39 is 0 Å². The molecule has 0 atom stereocenters. The summed E-state index contributed by atoms with van der Waals surface area (Å²) in [5.74, 6) is 2.20. The molecule has 0 saturated carbocycles. The predicted octanol–water partition coefficient (Wildman–Crippen LogP) is 1.72. The molecule has 0 amide bonds. The molecule has 1 saturated heterocycles. The van der Waals surface area contributed by atoms with E-state index in [1.165, 1.54) is 0 Å². The Morgan fingerprint density at radius 1 is 1.12 bits per heavy atom. The average molecular weight is 338 g/mol. The van der Waals surface area contributed by atoms with Gasteiger partial charge in [0.2, 0.25) is 0 Å². The summed E-state index contributed by atoms with van der Waals surface area (Å²) in [6, 6.07) is 10.0. The van der Waals surface area contributed by atoms with Gasteiger partial charge in [0.1, 0.15) is 11.6 Å². The number of nitrogens with one attached hydrogen (secondary N) is 2. The van der Waals surface area contributed by atoms with E-state index in [1.807, 2.05) is 36.5 Å². The molecule has 0 spiro atoms. The SMILES string of the molecule is O=c1[nH]nc(C2CCN(Cc3ncc[nH]3)CC2)n1Cc1ccccc1. The van der Waals surface area contributed by atoms with Gasteiger partial charge in [0.15, 0.2) is 0 Å². The summed E-state index contributed by atoms with van der Waals surface area (Å²) in [5, 5.41) is 6.96. The van der Waals surface area contributed by atoms with Crippen LogP contribution in [0.15, 0.2) is 47.5 Å². The highest BCUT2D eigenvalue weighted by atomic mass is 16.1. The Kier molecular flexibility index (Phi) is 4.47. The van der Waals surface area contributed by atoms with Gasteiger partial charge in [-0.2, -0.15) is 5.10 Å². The Morgan fingerprint density at radius 3 is 2.64 bits per heavy atom. The standard InChI is InChI=1S/C18H22N6O/c25-18-22-21-17(24(18)12-14-4-2-1-3-5-14)15-6-10-23(11-7-15)13-16-19-8-9-20-16/h1-5,8-9,15H,6-7,10-13H2,(H,19,20)(H,22,25). The summed E-state index contributed by atoms with van der Waals surface area (Å²) in [4.78, 5) is 22.0. The van der Waals surface area contributed by atoms with E-state index in [0.717, 1.165) is 49.7 Å². The third-order valence-corrected chi connectivity index (χ3v) is 4.85. The fourth-order valence-electron chi connectivity index (χ4n) is 3.51. The number of piperidine rings is 1. The monoisotopic (exact) mass is 338 g/mol. The van der Waals surface area contributed by atoms with E-state index in [0.29, 0.717) is 12.5 Å². The van der Waals surface area contributed by atoms with Crippen LogP contribution in [0.1, 0.15) is 36.0 Å². The van der Waals surface area contributed by atoms with E-state index in [1.54, 1.807) is 10.8 Å². The molecule has 25 heavy (non-hydrogen) atoms. The number of rotatable bonds is 5. The van der Waals surface area contributed by atoms with Gasteiger partial charge in [-0.05, 0) is 31.5 Å². The van der Waals surface area contributed by atoms with E-state index in [9.17, 15) is 4.79 Å². The lowest BCUT2D eigenvalue weighted by molar-refractivity contribution is 0.196. The number of aromatic nitrogens is 5. The van der Waals surface area contributed by atoms with Crippen LogP contribution in [0.3, 0.4) is 0 Å². The minimum Gasteiger partial charge on any atom is -0.348 e. The third kappa shape index (κ3) is 3.56. The topological polar surface area (TPSA) is 82.6 Å². The summed E-state index contributed by atoms with van der Waals surface area (Å²) in [6.45, 7) is 3.38. The fraction of sp³-hybridized carbons (Fsp3) is 0.389. The summed E-state index contributed by atoms with van der Waals surface area (Å²) in [6.07, 6.45) is 5.64. The molecule has 2 aromatic heterocycles. The molecule has 7 heteroatoms. The van der Waals surface area contributed by atoms with Crippen LogP contribution in [-0.2, 0) is 13.1 Å². The molecule has 0 radical (unpaired) electrons. The first kappa shape index (κ1) is 15.8. The number of hydrogen-bond donors (Lipinski definition) is 2. The van der Waals surface area contributed by atoms with Gasteiger partial charge in [0.25, 0.3) is 0 Å². The van der Waals surface area contributed by atoms with Crippen LogP contribution in [0.5, 0.6) is 0 Å². The van der Waals surface area contributed by atoms with Gasteiger partial charge < -0.3 is 4.98 Å². The Balaban J connectivity index is 1.44. The van der Waals surface area contributed by atoms with Crippen LogP contribution in [0.2, 0.25) is 0 Å². The van der Waals surface area contributed by atoms with Crippen molar-refractivity contribution in [2.24, 2.45) is 0 Å². The Hall–Kier alpha value is -2.67. The number of benzene rings is 1. The molecule has 1 aliphatic heterocycles. The fourth-order valence-corrected chi connectivity index (χ4v) is 3.51. The van der Waals surface area contributed by atoms with Crippen molar-refractivity contribution < 1.29 is 0 Å². The highest BCUT2D eigenvalue weighted by Crippen LogP contribution is 2.26. The molecule has 0 aliphatic carbocycles. The molecule has 4 rings (SSSR count). The normalized spacial score (nSPS) is 16.3. The molecule has 0 unspecified atom stereocenters. The average Bonchev–Trinajstić information content (AvgIpc) is 3.28. The molecule has 3 aromatic rings. The molecule has 7 nitrogen and oxygen atoms in total. The molecular formula is C18H22N6O. The van der Waals surface area contributed by atoms with Crippen molar-refractivity contribution in [3.05, 3.63) is 70.4 Å². The van der Waals surface area contributed by atoms with Crippen molar-refractivity contribution in [2.45, 2.75) is 31.8 Å². The van der Waals surface area contributed by atoms with Crippen molar-refractivity contribution in [1.29, 1.82) is 0 Å². The maximum absolute atomic E-state index is 12.2. The van der Waals surface area contributed by atoms with Gasteiger partial charge in [0.05, 0.1) is 13.1 Å². The van der Waals surface area contributed by atoms with Crippen LogP contribution < -0.4 is 5.69 Å². The zero-order valence-corrected chi connectivity index (χ0v) is 14.1. The Labute approximate surface area is 145 Å². The number of hydrogen-bond acceptors (Lipinski definition) is 4. The smallest absolute Gasteiger partial charge is 0.343 e. The lowest BCUT2D eigenvalue weighted by Gasteiger charge is -2.30. The summed E-state index contributed by atoms with van der Waals surface area (Å²) in [7, 11) is 0. The van der Waals surface area contributed by atoms with E-state index in [2.05, 4.69) is 25.1 Å². The molecule has 1 fully saturated rings. The van der Waals surface area contributed by atoms with Crippen LogP contribution in [-0.4, -0.2) is 42.7 Å². The largest absolute Gasteiger partial charge is 0.348 e. The lowest BCUT2D eigenvalue weighted by Crippen LogP contribution is -2.34. The van der Waals surface area contributed by atoms with Crippen molar-refractivity contribution >= 4 is 0 Å². The van der Waals surface area contributed by atoms with Crippen LogP contribution in [0.25, 0.3) is 0 Å². The predicted molar refractivity (Wildman–Crippen MR) is 94.2 cm³/mol. The molecule has 1 aliphatic rings. The first-order valence-electron chi connectivity index (χ1n) is 8.69. The zero-order chi connectivity index (χ0) is 17.1. The van der Waals surface area contributed by atoms with Gasteiger partial charge >= 0.3 is 5.69 Å². The first-order chi connectivity index (χ1) is 12.3. The number of imidazole rings is 1. The highest BCUT2D eigenvalue weighted by molar-refractivity contribution is 5.16. The van der Waals surface area contributed by atoms with Gasteiger partial charge in [0, 0.05) is 18.3 Å². The van der Waals surface area contributed by atoms with Crippen molar-refractivity contribution in [2.75, 3.05) is 13.1 Å². The van der Waals surface area contributed by atoms with E-state index in [4.69, 9.17) is 0 Å². The number of H-pyrrole nitrogens is 2. The summed E-state index contributed by atoms with van der Waals surface area (Å²) >= 11 is 0. The molecular weight excluding hydrogens is 316 g/mol. The van der Waals surface area contributed by atoms with E-state index in [-0.39, 0.29) is 5.69 Å². The van der Waals surface area contributed by atoms with Crippen molar-refractivity contribution in [3.8, 4) is 0 Å². The molecule has 2 N–H and O–H groups in total. The third-order valence-electron chi connectivity index (χ3n) is 4.85. The van der Waals surface area contributed by atoms with Gasteiger partial charge in [-0.15, -0.1) is 0 Å². The number of nitrogens with zero attached hydrogens (tertiary/aromatic N) is 4. The quantitative estimate of drug-likeness (QED) is 0.742. The molecule has 1 aromatic carbocycles. The van der Waals surface area contributed by atoms with Crippen LogP contribution in [0, 0.1) is 0 Å². The van der Waals surface area contributed by atoms with Crippen molar-refractivity contribution in [1.82, 2.24) is 29.6 Å².